The van der Waals surface area contributed by atoms with Crippen LogP contribution in [-0.4, -0.2) is 57.9 Å². The number of anilines is 1. The Bertz CT molecular complexity index is 1200. The number of hydrogen-bond acceptors (Lipinski definition) is 10. The molecule has 0 radical (unpaired) electrons. The van der Waals surface area contributed by atoms with E-state index in [1.807, 2.05) is 6.07 Å². The van der Waals surface area contributed by atoms with Gasteiger partial charge in [0.15, 0.2) is 4.34 Å². The molecular formula is C22H22N6OS3. The molecule has 0 spiro atoms. The molecule has 4 heterocycles. The second kappa shape index (κ2) is 10.1. The molecule has 1 fully saturated rings. The Hall–Kier alpha value is -2.37. The number of fused-ring (bicyclic) bond motifs is 1. The standard InChI is InChI=1S/C22H22N6OS3/c1-2-8-23-21-26-27-22(32-21)31-20-18-16(15-6-4-3-5-7-15)14-30-19(18)24-17(25-20)13-28-9-11-29-12-10-28/h2-7,14H,1,8-13H2,(H,23,26). The monoisotopic (exact) mass is 482 g/mol. The van der Waals surface area contributed by atoms with Gasteiger partial charge in [-0.2, -0.15) is 0 Å². The lowest BCUT2D eigenvalue weighted by atomic mass is 10.1. The number of hydrogen-bond donors (Lipinski definition) is 1. The molecular weight excluding hydrogens is 460 g/mol. The maximum Gasteiger partial charge on any atom is 0.206 e. The van der Waals surface area contributed by atoms with E-state index in [4.69, 9.17) is 14.7 Å². The summed E-state index contributed by atoms with van der Waals surface area (Å²) in [6.45, 7) is 8.42. The van der Waals surface area contributed by atoms with Crippen molar-refractivity contribution in [2.24, 2.45) is 0 Å². The van der Waals surface area contributed by atoms with Crippen LogP contribution in [0.15, 0.2) is 57.7 Å². The van der Waals surface area contributed by atoms with Crippen molar-refractivity contribution in [3.05, 3.63) is 54.2 Å². The highest BCUT2D eigenvalue weighted by Crippen LogP contribution is 2.41. The van der Waals surface area contributed by atoms with Crippen molar-refractivity contribution in [2.75, 3.05) is 38.2 Å². The Balaban J connectivity index is 1.52. The maximum atomic E-state index is 5.48. The molecule has 164 valence electrons. The van der Waals surface area contributed by atoms with Crippen LogP contribution < -0.4 is 5.32 Å². The molecule has 1 N–H and O–H groups in total. The zero-order chi connectivity index (χ0) is 21.8. The number of benzene rings is 1. The summed E-state index contributed by atoms with van der Waals surface area (Å²) in [5.41, 5.74) is 2.32. The van der Waals surface area contributed by atoms with Gasteiger partial charge in [0.05, 0.1) is 25.1 Å². The third kappa shape index (κ3) is 4.84. The minimum atomic E-state index is 0.656. The lowest BCUT2D eigenvalue weighted by molar-refractivity contribution is 0.0330. The Kier molecular flexibility index (Phi) is 6.75. The van der Waals surface area contributed by atoms with Gasteiger partial charge in [0.2, 0.25) is 5.13 Å². The lowest BCUT2D eigenvalue weighted by Crippen LogP contribution is -2.36. The van der Waals surface area contributed by atoms with Crippen LogP contribution >= 0.6 is 34.4 Å². The summed E-state index contributed by atoms with van der Waals surface area (Å²) in [6.07, 6.45) is 1.80. The Morgan fingerprint density at radius 2 is 2.00 bits per heavy atom. The summed E-state index contributed by atoms with van der Waals surface area (Å²) < 4.78 is 6.33. The van der Waals surface area contributed by atoms with E-state index in [2.05, 4.69) is 56.6 Å². The average Bonchev–Trinajstić information content (AvgIpc) is 3.46. The fourth-order valence-electron chi connectivity index (χ4n) is 3.45. The smallest absolute Gasteiger partial charge is 0.206 e. The summed E-state index contributed by atoms with van der Waals surface area (Å²) in [6, 6.07) is 10.4. The molecule has 7 nitrogen and oxygen atoms in total. The highest BCUT2D eigenvalue weighted by atomic mass is 32.2. The van der Waals surface area contributed by atoms with Crippen LogP contribution in [0.25, 0.3) is 21.3 Å². The summed E-state index contributed by atoms with van der Waals surface area (Å²) in [7, 11) is 0. The topological polar surface area (TPSA) is 76.1 Å². The molecule has 5 rings (SSSR count). The Morgan fingerprint density at radius 3 is 2.81 bits per heavy atom. The summed E-state index contributed by atoms with van der Waals surface area (Å²) >= 11 is 4.73. The first-order valence-corrected chi connectivity index (χ1v) is 12.8. The van der Waals surface area contributed by atoms with Crippen LogP contribution in [0.3, 0.4) is 0 Å². The van der Waals surface area contributed by atoms with Crippen molar-refractivity contribution in [2.45, 2.75) is 15.9 Å². The van der Waals surface area contributed by atoms with Crippen molar-refractivity contribution in [1.82, 2.24) is 25.1 Å². The largest absolute Gasteiger partial charge is 0.379 e. The van der Waals surface area contributed by atoms with Crippen LogP contribution in [0.1, 0.15) is 5.82 Å². The van der Waals surface area contributed by atoms with E-state index in [-0.39, 0.29) is 0 Å². The van der Waals surface area contributed by atoms with Gasteiger partial charge in [-0.25, -0.2) is 9.97 Å². The molecule has 0 bridgehead atoms. The summed E-state index contributed by atoms with van der Waals surface area (Å²) in [4.78, 5) is 13.3. The fourth-order valence-corrected chi connectivity index (χ4v) is 6.31. The van der Waals surface area contributed by atoms with E-state index < -0.39 is 0 Å². The predicted molar refractivity (Wildman–Crippen MR) is 132 cm³/mol. The number of ether oxygens (including phenoxy) is 1. The zero-order valence-electron chi connectivity index (χ0n) is 17.4. The minimum absolute atomic E-state index is 0.656. The van der Waals surface area contributed by atoms with Crippen LogP contribution in [0.4, 0.5) is 5.13 Å². The molecule has 0 saturated carbocycles. The molecule has 0 amide bonds. The predicted octanol–water partition coefficient (Wildman–Crippen LogP) is 4.79. The highest BCUT2D eigenvalue weighted by molar-refractivity contribution is 8.01. The van der Waals surface area contributed by atoms with Crippen LogP contribution in [0, 0.1) is 0 Å². The molecule has 0 atom stereocenters. The van der Waals surface area contributed by atoms with Gasteiger partial charge in [0.25, 0.3) is 0 Å². The molecule has 1 aliphatic rings. The first-order valence-electron chi connectivity index (χ1n) is 10.3. The zero-order valence-corrected chi connectivity index (χ0v) is 19.8. The molecule has 4 aromatic rings. The van der Waals surface area contributed by atoms with Crippen LogP contribution in [-0.2, 0) is 11.3 Å². The number of rotatable bonds is 8. The number of thiophene rings is 1. The van der Waals surface area contributed by atoms with Crippen molar-refractivity contribution < 1.29 is 4.74 Å². The molecule has 0 unspecified atom stereocenters. The number of nitrogens with zero attached hydrogens (tertiary/aromatic N) is 5. The quantitative estimate of drug-likeness (QED) is 0.284. The van der Waals surface area contributed by atoms with Gasteiger partial charge < -0.3 is 10.1 Å². The molecule has 10 heteroatoms. The SMILES string of the molecule is C=CCNc1nnc(Sc2nc(CN3CCOCC3)nc3scc(-c4ccccc4)c23)s1. The molecule has 0 aliphatic carbocycles. The van der Waals surface area contributed by atoms with E-state index in [0.717, 1.165) is 68.0 Å². The third-order valence-electron chi connectivity index (χ3n) is 4.99. The fraction of sp³-hybridized carbons (Fsp3) is 0.273. The van der Waals surface area contributed by atoms with Gasteiger partial charge in [0, 0.05) is 30.6 Å². The second-order valence-corrected chi connectivity index (χ2v) is 10.2. The van der Waals surface area contributed by atoms with Crippen molar-refractivity contribution >= 4 is 49.8 Å². The van der Waals surface area contributed by atoms with E-state index in [0.29, 0.717) is 13.1 Å². The first kappa shape index (κ1) is 21.5. The van der Waals surface area contributed by atoms with Gasteiger partial charge in [-0.3, -0.25) is 4.90 Å². The van der Waals surface area contributed by atoms with Crippen molar-refractivity contribution in [3.63, 3.8) is 0 Å². The molecule has 1 aliphatic heterocycles. The molecule has 1 saturated heterocycles. The van der Waals surface area contributed by atoms with Crippen LogP contribution in [0.5, 0.6) is 0 Å². The molecule has 3 aromatic heterocycles. The van der Waals surface area contributed by atoms with Crippen molar-refractivity contribution in [3.8, 4) is 11.1 Å². The van der Waals surface area contributed by atoms with E-state index in [9.17, 15) is 0 Å². The summed E-state index contributed by atoms with van der Waals surface area (Å²) in [5, 5.41) is 16.7. The van der Waals surface area contributed by atoms with Gasteiger partial charge in [-0.15, -0.1) is 28.1 Å². The van der Waals surface area contributed by atoms with E-state index in [1.54, 1.807) is 29.2 Å². The Morgan fingerprint density at radius 1 is 1.16 bits per heavy atom. The number of nitrogens with one attached hydrogen (secondary N) is 1. The summed E-state index contributed by atoms with van der Waals surface area (Å²) in [5.74, 6) is 0.831. The maximum absolute atomic E-state index is 5.48. The van der Waals surface area contributed by atoms with Gasteiger partial charge >= 0.3 is 0 Å². The van der Waals surface area contributed by atoms with Crippen LogP contribution in [0.2, 0.25) is 0 Å². The second-order valence-electron chi connectivity index (χ2n) is 7.17. The minimum Gasteiger partial charge on any atom is -0.379 e. The van der Waals surface area contributed by atoms with E-state index in [1.165, 1.54) is 11.3 Å². The number of morpholine rings is 1. The normalized spacial score (nSPS) is 14.6. The molecule has 1 aromatic carbocycles. The van der Waals surface area contributed by atoms with Gasteiger partial charge in [0.1, 0.15) is 15.7 Å². The highest BCUT2D eigenvalue weighted by Gasteiger charge is 2.20. The van der Waals surface area contributed by atoms with Gasteiger partial charge in [-0.1, -0.05) is 47.7 Å². The number of aromatic nitrogens is 4. The van der Waals surface area contributed by atoms with E-state index >= 15 is 0 Å². The molecule has 32 heavy (non-hydrogen) atoms. The van der Waals surface area contributed by atoms with Crippen molar-refractivity contribution in [1.29, 1.82) is 0 Å². The lowest BCUT2D eigenvalue weighted by Gasteiger charge is -2.25. The first-order chi connectivity index (χ1) is 15.8. The third-order valence-corrected chi connectivity index (χ3v) is 7.78. The average molecular weight is 483 g/mol. The van der Waals surface area contributed by atoms with Gasteiger partial charge in [-0.05, 0) is 17.3 Å². The Labute approximate surface area is 198 Å².